The van der Waals surface area contributed by atoms with Gasteiger partial charge < -0.3 is 0 Å². The van der Waals surface area contributed by atoms with Crippen LogP contribution in [0.3, 0.4) is 0 Å². The van der Waals surface area contributed by atoms with Gasteiger partial charge in [0.2, 0.25) is 10.0 Å². The van der Waals surface area contributed by atoms with E-state index >= 15 is 0 Å². The van der Waals surface area contributed by atoms with E-state index in [1.165, 1.54) is 17.4 Å². The molecule has 0 unspecified atom stereocenters. The van der Waals surface area contributed by atoms with Crippen LogP contribution in [-0.2, 0) is 31.7 Å². The van der Waals surface area contributed by atoms with Gasteiger partial charge in [0.15, 0.2) is 14.7 Å². The Bertz CT molecular complexity index is 1110. The molecule has 3 rings (SSSR count). The fourth-order valence-electron chi connectivity index (χ4n) is 3.50. The molecule has 0 fully saturated rings. The Morgan fingerprint density at radius 3 is 1.44 bits per heavy atom. The van der Waals surface area contributed by atoms with Gasteiger partial charge in [-0.2, -0.15) is 0 Å². The second kappa shape index (κ2) is 8.95. The van der Waals surface area contributed by atoms with Crippen molar-refractivity contribution in [1.29, 1.82) is 0 Å². The molecule has 3 nitrogen and oxygen atoms in total. The molecule has 1 N–H and O–H groups in total. The molecule has 32 heavy (non-hydrogen) atoms. The highest BCUT2D eigenvalue weighted by Gasteiger charge is 2.32. The highest BCUT2D eigenvalue weighted by molar-refractivity contribution is 7.97. The Labute approximate surface area is 196 Å². The van der Waals surface area contributed by atoms with Crippen molar-refractivity contribution >= 4 is 26.6 Å². The van der Waals surface area contributed by atoms with Crippen molar-refractivity contribution in [3.63, 3.8) is 0 Å². The Kier molecular flexibility index (Phi) is 6.83. The van der Waals surface area contributed by atoms with E-state index in [0.717, 1.165) is 14.7 Å². The van der Waals surface area contributed by atoms with Crippen LogP contribution in [-0.4, -0.2) is 14.7 Å². The van der Waals surface area contributed by atoms with E-state index < -0.39 is 20.9 Å². The van der Waals surface area contributed by atoms with Gasteiger partial charge in [-0.1, -0.05) is 77.9 Å². The summed E-state index contributed by atoms with van der Waals surface area (Å²) in [6.45, 7) is 13.2. The van der Waals surface area contributed by atoms with Crippen molar-refractivity contribution < 1.29 is 8.42 Å². The first kappa shape index (κ1) is 24.4. The van der Waals surface area contributed by atoms with Crippen LogP contribution in [0.1, 0.15) is 52.7 Å². The molecule has 0 atom stereocenters. The van der Waals surface area contributed by atoms with Crippen LogP contribution in [0.25, 0.3) is 0 Å². The molecule has 0 heterocycles. The number of hydrogen-bond donors (Lipinski definition) is 1. The summed E-state index contributed by atoms with van der Waals surface area (Å²) in [6.07, 6.45) is 1.19. The number of nitrogens with one attached hydrogen (secondary N) is 1. The summed E-state index contributed by atoms with van der Waals surface area (Å²) < 4.78 is 26.8. The number of para-hydroxylation sites is 1. The van der Waals surface area contributed by atoms with Gasteiger partial charge in [-0.3, -0.25) is 4.72 Å². The van der Waals surface area contributed by atoms with Crippen LogP contribution in [0.4, 0.5) is 5.69 Å². The fourth-order valence-corrected chi connectivity index (χ4v) is 6.29. The zero-order valence-corrected chi connectivity index (χ0v) is 21.7. The first-order valence-electron chi connectivity index (χ1n) is 10.8. The van der Waals surface area contributed by atoms with Crippen LogP contribution in [0.2, 0.25) is 0 Å². The average Bonchev–Trinajstić information content (AvgIpc) is 2.68. The zero-order valence-electron chi connectivity index (χ0n) is 20.1. The van der Waals surface area contributed by atoms with Crippen LogP contribution < -0.4 is 4.72 Å². The average molecular weight is 469 g/mol. The summed E-state index contributed by atoms with van der Waals surface area (Å²) in [5.74, 6) is 0. The van der Waals surface area contributed by atoms with Crippen LogP contribution in [0, 0.1) is 0 Å². The highest BCUT2D eigenvalue weighted by atomic mass is 32.2. The summed E-state index contributed by atoms with van der Waals surface area (Å²) in [5, 5.41) is 0. The SMILES string of the molecule is CC(C)(C)c1ccc([S+](c2ccc(C(C)(C)C)cc2)c2ccccc2NS(C)(=O)=O)cc1. The number of benzene rings is 3. The number of rotatable bonds is 5. The second-order valence-electron chi connectivity index (χ2n) is 10.2. The van der Waals surface area contributed by atoms with Crippen LogP contribution in [0.15, 0.2) is 87.5 Å². The summed E-state index contributed by atoms with van der Waals surface area (Å²) in [6, 6.07) is 25.2. The molecule has 0 aliphatic heterocycles. The van der Waals surface area contributed by atoms with Gasteiger partial charge in [0, 0.05) is 0 Å². The molecular formula is C27H34NO2S2+. The van der Waals surface area contributed by atoms with E-state index in [-0.39, 0.29) is 10.8 Å². The van der Waals surface area contributed by atoms with Gasteiger partial charge in [-0.25, -0.2) is 8.42 Å². The molecular weight excluding hydrogens is 434 g/mol. The summed E-state index contributed by atoms with van der Waals surface area (Å²) in [7, 11) is -3.85. The van der Waals surface area contributed by atoms with Gasteiger partial charge in [0.25, 0.3) is 0 Å². The van der Waals surface area contributed by atoms with Crippen molar-refractivity contribution in [2.24, 2.45) is 0 Å². The lowest BCUT2D eigenvalue weighted by molar-refractivity contribution is 0.589. The fraction of sp³-hybridized carbons (Fsp3) is 0.333. The van der Waals surface area contributed by atoms with Gasteiger partial charge >= 0.3 is 0 Å². The quantitative estimate of drug-likeness (QED) is 0.421. The smallest absolute Gasteiger partial charge is 0.229 e. The van der Waals surface area contributed by atoms with Crippen LogP contribution >= 0.6 is 0 Å². The van der Waals surface area contributed by atoms with Crippen molar-refractivity contribution in [3.05, 3.63) is 83.9 Å². The molecule has 0 bridgehead atoms. The largest absolute Gasteiger partial charge is 0.279 e. The maximum absolute atomic E-state index is 12.1. The topological polar surface area (TPSA) is 46.2 Å². The first-order valence-corrected chi connectivity index (χ1v) is 13.9. The lowest BCUT2D eigenvalue weighted by Gasteiger charge is -2.20. The van der Waals surface area contributed by atoms with E-state index in [1.807, 2.05) is 24.3 Å². The molecule has 5 heteroatoms. The number of anilines is 1. The molecule has 0 aliphatic carbocycles. The molecule has 0 amide bonds. The van der Waals surface area contributed by atoms with Crippen molar-refractivity contribution in [3.8, 4) is 0 Å². The molecule has 0 saturated carbocycles. The lowest BCUT2D eigenvalue weighted by atomic mass is 9.87. The first-order chi connectivity index (χ1) is 14.8. The third-order valence-corrected chi connectivity index (χ3v) is 8.19. The van der Waals surface area contributed by atoms with Crippen molar-refractivity contribution in [1.82, 2.24) is 0 Å². The third-order valence-electron chi connectivity index (χ3n) is 5.31. The Morgan fingerprint density at radius 1 is 0.656 bits per heavy atom. The number of sulfonamides is 1. The molecule has 0 aromatic heterocycles. The van der Waals surface area contributed by atoms with Crippen molar-refractivity contribution in [2.45, 2.75) is 67.1 Å². The van der Waals surface area contributed by atoms with Gasteiger partial charge in [0.05, 0.1) is 6.26 Å². The Morgan fingerprint density at radius 2 is 1.06 bits per heavy atom. The van der Waals surface area contributed by atoms with E-state index in [1.54, 1.807) is 0 Å². The summed E-state index contributed by atoms with van der Waals surface area (Å²) in [5.41, 5.74) is 3.31. The van der Waals surface area contributed by atoms with E-state index in [2.05, 4.69) is 94.8 Å². The zero-order chi connectivity index (χ0) is 23.7. The monoisotopic (exact) mass is 468 g/mol. The molecule has 170 valence electrons. The summed E-state index contributed by atoms with van der Waals surface area (Å²) >= 11 is 0. The highest BCUT2D eigenvalue weighted by Crippen LogP contribution is 2.37. The maximum atomic E-state index is 12.1. The molecule has 0 spiro atoms. The molecule has 3 aromatic carbocycles. The molecule has 3 aromatic rings. The minimum atomic E-state index is -3.40. The summed E-state index contributed by atoms with van der Waals surface area (Å²) in [4.78, 5) is 3.28. The van der Waals surface area contributed by atoms with Crippen LogP contribution in [0.5, 0.6) is 0 Å². The predicted molar refractivity (Wildman–Crippen MR) is 137 cm³/mol. The maximum Gasteiger partial charge on any atom is 0.229 e. The van der Waals surface area contributed by atoms with E-state index in [4.69, 9.17) is 0 Å². The minimum absolute atomic E-state index is 0.0707. The molecule has 0 saturated heterocycles. The predicted octanol–water partition coefficient (Wildman–Crippen LogP) is 6.75. The Balaban J connectivity index is 2.17. The second-order valence-corrected chi connectivity index (χ2v) is 14.0. The molecule has 0 radical (unpaired) electrons. The van der Waals surface area contributed by atoms with Crippen molar-refractivity contribution in [2.75, 3.05) is 11.0 Å². The Hall–Kier alpha value is -2.24. The minimum Gasteiger partial charge on any atom is -0.279 e. The van der Waals surface area contributed by atoms with E-state index in [9.17, 15) is 8.42 Å². The lowest BCUT2D eigenvalue weighted by Crippen LogP contribution is -2.15. The molecule has 0 aliphatic rings. The third kappa shape index (κ3) is 5.96. The van der Waals surface area contributed by atoms with Gasteiger partial charge in [-0.05, 0) is 58.4 Å². The normalized spacial score (nSPS) is 12.8. The number of hydrogen-bond acceptors (Lipinski definition) is 2. The van der Waals surface area contributed by atoms with E-state index in [0.29, 0.717) is 5.69 Å². The van der Waals surface area contributed by atoms with Gasteiger partial charge in [0.1, 0.15) is 16.6 Å². The standard InChI is InChI=1S/C27H34NO2S2/c1-26(2,3)20-12-16-22(17-13-20)31(23-18-14-21(15-19-23)27(4,5)6)25-11-9-8-10-24(25)28-32(7,29)30/h8-19,28H,1-7H3/q+1. The van der Waals surface area contributed by atoms with Gasteiger partial charge in [-0.15, -0.1) is 0 Å².